The largest absolute Gasteiger partial charge is 0.478 e. The summed E-state index contributed by atoms with van der Waals surface area (Å²) in [6, 6.07) is 14.4. The molecule has 0 spiro atoms. The zero-order valence-electron chi connectivity index (χ0n) is 14.0. The molecule has 0 aliphatic carbocycles. The Balaban J connectivity index is 2.06. The standard InChI is InChI=1S/C19H21NO4/c1-19(2,3)24-18(23)20-12-13-5-4-6-16(11-13)14-7-9-15(10-8-14)17(21)22/h4-11H,12H2,1-3H3,(H,20,23)(H,21,22). The van der Waals surface area contributed by atoms with Gasteiger partial charge in [0, 0.05) is 6.54 Å². The average molecular weight is 327 g/mol. The fourth-order valence-corrected chi connectivity index (χ4v) is 2.15. The van der Waals surface area contributed by atoms with Crippen LogP contribution in [0.2, 0.25) is 0 Å². The molecular formula is C19H21NO4. The van der Waals surface area contributed by atoms with Crippen LogP contribution in [-0.4, -0.2) is 22.8 Å². The molecule has 2 aromatic rings. The van der Waals surface area contributed by atoms with E-state index in [2.05, 4.69) is 5.32 Å². The molecule has 2 rings (SSSR count). The normalized spacial score (nSPS) is 11.0. The lowest BCUT2D eigenvalue weighted by Gasteiger charge is -2.19. The third kappa shape index (κ3) is 5.12. The molecule has 0 bridgehead atoms. The Labute approximate surface area is 141 Å². The molecule has 0 aromatic heterocycles. The van der Waals surface area contributed by atoms with Gasteiger partial charge < -0.3 is 15.2 Å². The number of aromatic carboxylic acids is 1. The number of carboxylic acids is 1. The second kappa shape index (κ2) is 7.17. The van der Waals surface area contributed by atoms with Gasteiger partial charge in [-0.3, -0.25) is 0 Å². The first kappa shape index (κ1) is 17.5. The van der Waals surface area contributed by atoms with Gasteiger partial charge in [-0.05, 0) is 55.7 Å². The first-order valence-corrected chi connectivity index (χ1v) is 7.64. The molecule has 0 saturated heterocycles. The van der Waals surface area contributed by atoms with E-state index in [4.69, 9.17) is 9.84 Å². The Hall–Kier alpha value is -2.82. The summed E-state index contributed by atoms with van der Waals surface area (Å²) in [6.45, 7) is 5.80. The van der Waals surface area contributed by atoms with Crippen LogP contribution in [-0.2, 0) is 11.3 Å². The van der Waals surface area contributed by atoms with Gasteiger partial charge in [0.2, 0.25) is 0 Å². The lowest BCUT2D eigenvalue weighted by Crippen LogP contribution is -2.32. The van der Waals surface area contributed by atoms with Crippen LogP contribution in [0.3, 0.4) is 0 Å². The molecule has 2 N–H and O–H groups in total. The van der Waals surface area contributed by atoms with Crippen LogP contribution < -0.4 is 5.32 Å². The number of carbonyl (C=O) groups is 2. The van der Waals surface area contributed by atoms with Gasteiger partial charge in [0.15, 0.2) is 0 Å². The molecule has 0 saturated carbocycles. The van der Waals surface area contributed by atoms with E-state index in [1.165, 1.54) is 0 Å². The Morgan fingerprint density at radius 2 is 1.71 bits per heavy atom. The van der Waals surface area contributed by atoms with Crippen LogP contribution in [0.1, 0.15) is 36.7 Å². The molecule has 0 aliphatic heterocycles. The molecule has 126 valence electrons. The summed E-state index contributed by atoms with van der Waals surface area (Å²) in [7, 11) is 0. The van der Waals surface area contributed by atoms with Gasteiger partial charge in [-0.25, -0.2) is 9.59 Å². The highest BCUT2D eigenvalue weighted by atomic mass is 16.6. The summed E-state index contributed by atoms with van der Waals surface area (Å²) in [5.41, 5.74) is 2.52. The van der Waals surface area contributed by atoms with Crippen molar-refractivity contribution in [2.24, 2.45) is 0 Å². The number of alkyl carbamates (subject to hydrolysis) is 1. The summed E-state index contributed by atoms with van der Waals surface area (Å²) in [6.07, 6.45) is -0.460. The molecule has 0 radical (unpaired) electrons. The quantitative estimate of drug-likeness (QED) is 0.887. The van der Waals surface area contributed by atoms with Crippen molar-refractivity contribution < 1.29 is 19.4 Å². The lowest BCUT2D eigenvalue weighted by molar-refractivity contribution is 0.0523. The van der Waals surface area contributed by atoms with Crippen molar-refractivity contribution in [3.8, 4) is 11.1 Å². The van der Waals surface area contributed by atoms with Gasteiger partial charge >= 0.3 is 12.1 Å². The number of nitrogens with one attached hydrogen (secondary N) is 1. The van der Waals surface area contributed by atoms with Crippen molar-refractivity contribution in [2.45, 2.75) is 32.9 Å². The van der Waals surface area contributed by atoms with Gasteiger partial charge in [-0.15, -0.1) is 0 Å². The van der Waals surface area contributed by atoms with E-state index in [0.717, 1.165) is 16.7 Å². The van der Waals surface area contributed by atoms with Crippen molar-refractivity contribution in [1.82, 2.24) is 5.32 Å². The van der Waals surface area contributed by atoms with Gasteiger partial charge in [0.05, 0.1) is 5.56 Å². The van der Waals surface area contributed by atoms with Crippen LogP contribution >= 0.6 is 0 Å². The van der Waals surface area contributed by atoms with E-state index >= 15 is 0 Å². The number of ether oxygens (including phenoxy) is 1. The predicted octanol–water partition coefficient (Wildman–Crippen LogP) is 4.08. The maximum Gasteiger partial charge on any atom is 0.407 e. The Bertz CT molecular complexity index is 730. The number of rotatable bonds is 4. The van der Waals surface area contributed by atoms with E-state index in [1.54, 1.807) is 24.3 Å². The van der Waals surface area contributed by atoms with Gasteiger partial charge in [0.1, 0.15) is 5.60 Å². The zero-order valence-corrected chi connectivity index (χ0v) is 14.0. The average Bonchev–Trinajstić information content (AvgIpc) is 2.52. The summed E-state index contributed by atoms with van der Waals surface area (Å²) in [5.74, 6) is -0.947. The van der Waals surface area contributed by atoms with Crippen molar-refractivity contribution in [2.75, 3.05) is 0 Å². The van der Waals surface area contributed by atoms with Gasteiger partial charge in [-0.1, -0.05) is 30.3 Å². The van der Waals surface area contributed by atoms with E-state index < -0.39 is 17.7 Å². The van der Waals surface area contributed by atoms with Crippen molar-refractivity contribution in [3.63, 3.8) is 0 Å². The van der Waals surface area contributed by atoms with Gasteiger partial charge in [-0.2, -0.15) is 0 Å². The highest BCUT2D eigenvalue weighted by molar-refractivity contribution is 5.88. The number of benzene rings is 2. The predicted molar refractivity (Wildman–Crippen MR) is 91.9 cm³/mol. The van der Waals surface area contributed by atoms with Crippen molar-refractivity contribution in [3.05, 3.63) is 59.7 Å². The summed E-state index contributed by atoms with van der Waals surface area (Å²) in [5, 5.41) is 11.7. The second-order valence-electron chi connectivity index (χ2n) is 6.44. The second-order valence-corrected chi connectivity index (χ2v) is 6.44. The fraction of sp³-hybridized carbons (Fsp3) is 0.263. The maximum atomic E-state index is 11.7. The topological polar surface area (TPSA) is 75.6 Å². The summed E-state index contributed by atoms with van der Waals surface area (Å²) >= 11 is 0. The molecule has 0 heterocycles. The molecular weight excluding hydrogens is 306 g/mol. The van der Waals surface area contributed by atoms with E-state index in [-0.39, 0.29) is 5.56 Å². The maximum absolute atomic E-state index is 11.7. The third-order valence-corrected chi connectivity index (χ3v) is 3.23. The Kier molecular flexibility index (Phi) is 5.24. The minimum atomic E-state index is -0.947. The van der Waals surface area contributed by atoms with E-state index in [0.29, 0.717) is 6.54 Å². The van der Waals surface area contributed by atoms with Crippen LogP contribution in [0, 0.1) is 0 Å². The van der Waals surface area contributed by atoms with Crippen LogP contribution in [0.5, 0.6) is 0 Å². The first-order chi connectivity index (χ1) is 11.2. The summed E-state index contributed by atoms with van der Waals surface area (Å²) < 4.78 is 5.20. The molecule has 5 heteroatoms. The molecule has 5 nitrogen and oxygen atoms in total. The van der Waals surface area contributed by atoms with E-state index in [1.807, 2.05) is 45.0 Å². The molecule has 1 amide bonds. The lowest BCUT2D eigenvalue weighted by atomic mass is 10.0. The van der Waals surface area contributed by atoms with Crippen LogP contribution in [0.4, 0.5) is 4.79 Å². The molecule has 0 unspecified atom stereocenters. The molecule has 2 aromatic carbocycles. The third-order valence-electron chi connectivity index (χ3n) is 3.23. The molecule has 24 heavy (non-hydrogen) atoms. The number of hydrogen-bond acceptors (Lipinski definition) is 3. The number of carbonyl (C=O) groups excluding carboxylic acids is 1. The highest BCUT2D eigenvalue weighted by Gasteiger charge is 2.15. The Morgan fingerprint density at radius 1 is 1.04 bits per heavy atom. The SMILES string of the molecule is CC(C)(C)OC(=O)NCc1cccc(-c2ccc(C(=O)O)cc2)c1. The number of hydrogen-bond donors (Lipinski definition) is 2. The van der Waals surface area contributed by atoms with E-state index in [9.17, 15) is 9.59 Å². The zero-order chi connectivity index (χ0) is 17.7. The van der Waals surface area contributed by atoms with Crippen LogP contribution in [0.25, 0.3) is 11.1 Å². The molecule has 0 atom stereocenters. The number of carboxylic acid groups (broad SMARTS) is 1. The minimum Gasteiger partial charge on any atom is -0.478 e. The first-order valence-electron chi connectivity index (χ1n) is 7.64. The van der Waals surface area contributed by atoms with Gasteiger partial charge in [0.25, 0.3) is 0 Å². The minimum absolute atomic E-state index is 0.251. The summed E-state index contributed by atoms with van der Waals surface area (Å²) in [4.78, 5) is 22.6. The number of amides is 1. The highest BCUT2D eigenvalue weighted by Crippen LogP contribution is 2.21. The van der Waals surface area contributed by atoms with Crippen molar-refractivity contribution >= 4 is 12.1 Å². The van der Waals surface area contributed by atoms with Crippen LogP contribution in [0.15, 0.2) is 48.5 Å². The Morgan fingerprint density at radius 3 is 2.29 bits per heavy atom. The van der Waals surface area contributed by atoms with Crippen molar-refractivity contribution in [1.29, 1.82) is 0 Å². The monoisotopic (exact) mass is 327 g/mol. The fourth-order valence-electron chi connectivity index (χ4n) is 2.15. The molecule has 0 fully saturated rings. The molecule has 0 aliphatic rings. The smallest absolute Gasteiger partial charge is 0.407 e.